The van der Waals surface area contributed by atoms with Crippen molar-refractivity contribution in [1.82, 2.24) is 19.7 Å². The van der Waals surface area contributed by atoms with Gasteiger partial charge in [-0.25, -0.2) is 19.4 Å². The van der Waals surface area contributed by atoms with E-state index in [1.165, 1.54) is 12.5 Å². The number of rotatable bonds is 12. The van der Waals surface area contributed by atoms with E-state index < -0.39 is 26.5 Å². The monoisotopic (exact) mass is 630 g/mol. The number of nitrogens with zero attached hydrogens (tertiary/aromatic N) is 4. The molecule has 1 N–H and O–H groups in total. The minimum absolute atomic E-state index is 0.0831. The van der Waals surface area contributed by atoms with Crippen molar-refractivity contribution < 1.29 is 23.8 Å². The van der Waals surface area contributed by atoms with Gasteiger partial charge in [0.1, 0.15) is 17.8 Å². The number of carbonyl (C=O) groups is 1. The molecule has 0 spiro atoms. The van der Waals surface area contributed by atoms with Crippen LogP contribution in [0.25, 0.3) is 16.7 Å². The molecule has 0 aliphatic carbocycles. The number of para-hydroxylation sites is 1. The van der Waals surface area contributed by atoms with E-state index in [1.54, 1.807) is 17.7 Å². The highest BCUT2D eigenvalue weighted by molar-refractivity contribution is 6.99. The summed E-state index contributed by atoms with van der Waals surface area (Å²) in [6, 6.07) is 27.8. The highest BCUT2D eigenvalue weighted by Crippen LogP contribution is 2.36. The zero-order chi connectivity index (χ0) is 31.3. The first kappa shape index (κ1) is 31.3. The molecule has 0 bridgehead atoms. The molecule has 2 atom stereocenters. The summed E-state index contributed by atoms with van der Waals surface area (Å²) in [5, 5.41) is 17.5. The Labute approximate surface area is 262 Å². The molecule has 2 aromatic heterocycles. The number of ether oxygens (including phenoxy) is 2. The second-order valence-electron chi connectivity index (χ2n) is 11.4. The first-order chi connectivity index (χ1) is 21.1. The minimum atomic E-state index is -2.75. The minimum Gasteiger partial charge on any atom is -0.478 e. The molecule has 0 radical (unpaired) electrons. The molecule has 228 valence electrons. The first-order valence-electron chi connectivity index (χ1n) is 14.3. The van der Waals surface area contributed by atoms with Crippen molar-refractivity contribution in [2.75, 3.05) is 13.2 Å². The van der Waals surface area contributed by atoms with Gasteiger partial charge in [0.05, 0.1) is 30.1 Å². The fraction of sp³-hybridized carbons (Fsp3) is 0.273. The average molecular weight is 631 g/mol. The molecule has 0 amide bonds. The highest BCUT2D eigenvalue weighted by atomic mass is 35.5. The Bertz CT molecular complexity index is 1670. The second-order valence-corrected chi connectivity index (χ2v) is 16.1. The average Bonchev–Trinajstić information content (AvgIpc) is 3.45. The van der Waals surface area contributed by atoms with Crippen molar-refractivity contribution in [1.29, 1.82) is 0 Å². The molecule has 2 heterocycles. The lowest BCUT2D eigenvalue weighted by atomic mass is 10.2. The standard InChI is InChI=1S/C33H35ClN4O5Si/c1-23(41-19-20-42-44(33(2,3)4,24-13-7-5-8-14-24)25-15-9-6-10-16-25)29(32(39)40)43-31-26-21-37-38(30(26)35-22-36-31)28-18-12-11-17-27(28)34/h5-18,21-23,29H,19-20H2,1-4H3,(H,39,40)/t23?,29-/m0/s1. The highest BCUT2D eigenvalue weighted by Gasteiger charge is 2.50. The topological polar surface area (TPSA) is 109 Å². The number of carboxylic acid groups (broad SMARTS) is 1. The van der Waals surface area contributed by atoms with Crippen LogP contribution >= 0.6 is 11.6 Å². The van der Waals surface area contributed by atoms with Crippen molar-refractivity contribution in [3.63, 3.8) is 0 Å². The maximum atomic E-state index is 12.3. The number of fused-ring (bicyclic) bond motifs is 1. The molecular weight excluding hydrogens is 596 g/mol. The summed E-state index contributed by atoms with van der Waals surface area (Å²) in [5.74, 6) is -1.10. The van der Waals surface area contributed by atoms with Gasteiger partial charge in [-0.05, 0) is 34.5 Å². The van der Waals surface area contributed by atoms with E-state index in [9.17, 15) is 9.90 Å². The Morgan fingerprint density at radius 2 is 1.55 bits per heavy atom. The summed E-state index contributed by atoms with van der Waals surface area (Å²) in [4.78, 5) is 20.9. The SMILES string of the molecule is CC(OCCO[Si](c1ccccc1)(c1ccccc1)C(C)(C)C)[C@H](Oc1ncnc2c1cnn2-c1ccccc1Cl)C(=O)O. The zero-order valence-electron chi connectivity index (χ0n) is 25.1. The summed E-state index contributed by atoms with van der Waals surface area (Å²) in [6.07, 6.45) is 0.661. The van der Waals surface area contributed by atoms with Gasteiger partial charge in [-0.3, -0.25) is 0 Å². The van der Waals surface area contributed by atoms with Crippen molar-refractivity contribution in [2.24, 2.45) is 0 Å². The van der Waals surface area contributed by atoms with Crippen molar-refractivity contribution in [3.05, 3.63) is 102 Å². The Morgan fingerprint density at radius 1 is 0.932 bits per heavy atom. The summed E-state index contributed by atoms with van der Waals surface area (Å²) >= 11 is 6.37. The zero-order valence-corrected chi connectivity index (χ0v) is 26.8. The second kappa shape index (κ2) is 13.3. The summed E-state index contributed by atoms with van der Waals surface area (Å²) in [7, 11) is -2.75. The molecular formula is C33H35ClN4O5Si. The fourth-order valence-corrected chi connectivity index (χ4v) is 10.2. The lowest BCUT2D eigenvalue weighted by molar-refractivity contribution is -0.152. The molecule has 0 aliphatic rings. The Kier molecular flexibility index (Phi) is 9.45. The predicted octanol–water partition coefficient (Wildman–Crippen LogP) is 5.28. The van der Waals surface area contributed by atoms with Crippen LogP contribution in [0.2, 0.25) is 10.1 Å². The summed E-state index contributed by atoms with van der Waals surface area (Å²) in [6.45, 7) is 8.70. The van der Waals surface area contributed by atoms with E-state index in [0.717, 1.165) is 10.4 Å². The fourth-order valence-electron chi connectivity index (χ4n) is 5.46. The van der Waals surface area contributed by atoms with Crippen LogP contribution in [0.1, 0.15) is 27.7 Å². The molecule has 5 aromatic rings. The van der Waals surface area contributed by atoms with Crippen LogP contribution in [0.5, 0.6) is 5.88 Å². The van der Waals surface area contributed by atoms with Gasteiger partial charge in [-0.2, -0.15) is 5.10 Å². The molecule has 1 unspecified atom stereocenters. The molecule has 9 nitrogen and oxygen atoms in total. The smallest absolute Gasteiger partial charge is 0.347 e. The molecule has 0 saturated carbocycles. The third-order valence-corrected chi connectivity index (χ3v) is 12.9. The van der Waals surface area contributed by atoms with E-state index in [4.69, 9.17) is 25.5 Å². The predicted molar refractivity (Wildman–Crippen MR) is 173 cm³/mol. The third kappa shape index (κ3) is 6.25. The van der Waals surface area contributed by atoms with Crippen LogP contribution in [0.4, 0.5) is 0 Å². The van der Waals surface area contributed by atoms with E-state index in [2.05, 4.69) is 60.1 Å². The van der Waals surface area contributed by atoms with E-state index in [0.29, 0.717) is 21.7 Å². The van der Waals surface area contributed by atoms with E-state index in [1.807, 2.05) is 54.6 Å². The van der Waals surface area contributed by atoms with E-state index in [-0.39, 0.29) is 24.1 Å². The Morgan fingerprint density at radius 3 is 2.14 bits per heavy atom. The van der Waals surface area contributed by atoms with Gasteiger partial charge >= 0.3 is 5.97 Å². The quantitative estimate of drug-likeness (QED) is 0.146. The molecule has 3 aromatic carbocycles. The number of aliphatic carboxylic acids is 1. The lowest BCUT2D eigenvalue weighted by Crippen LogP contribution is -2.66. The van der Waals surface area contributed by atoms with Crippen molar-refractivity contribution in [3.8, 4) is 11.6 Å². The largest absolute Gasteiger partial charge is 0.478 e. The van der Waals surface area contributed by atoms with Crippen molar-refractivity contribution >= 4 is 47.3 Å². The first-order valence-corrected chi connectivity index (χ1v) is 16.6. The summed E-state index contributed by atoms with van der Waals surface area (Å²) in [5.41, 5.74) is 1.06. The van der Waals surface area contributed by atoms with E-state index >= 15 is 0 Å². The molecule has 44 heavy (non-hydrogen) atoms. The summed E-state index contributed by atoms with van der Waals surface area (Å²) < 4.78 is 20.4. The van der Waals surface area contributed by atoms with Crippen LogP contribution in [0, 0.1) is 0 Å². The van der Waals surface area contributed by atoms with Gasteiger partial charge in [0.25, 0.3) is 8.32 Å². The third-order valence-electron chi connectivity index (χ3n) is 7.52. The van der Waals surface area contributed by atoms with Gasteiger partial charge < -0.3 is 19.0 Å². The van der Waals surface area contributed by atoms with Crippen LogP contribution in [-0.4, -0.2) is 64.6 Å². The number of aromatic nitrogens is 4. The van der Waals surface area contributed by atoms with Crippen LogP contribution < -0.4 is 15.1 Å². The number of halogens is 1. The molecule has 0 aliphatic heterocycles. The number of hydrogen-bond acceptors (Lipinski definition) is 7. The normalized spacial score (nSPS) is 13.5. The lowest BCUT2D eigenvalue weighted by Gasteiger charge is -2.43. The van der Waals surface area contributed by atoms with Gasteiger partial charge in [0, 0.05) is 0 Å². The van der Waals surface area contributed by atoms with Crippen LogP contribution in [-0.2, 0) is 14.0 Å². The maximum absolute atomic E-state index is 12.3. The maximum Gasteiger partial charge on any atom is 0.347 e. The Hall–Kier alpha value is -4.09. The van der Waals surface area contributed by atoms with Gasteiger partial charge in [0.15, 0.2) is 5.65 Å². The molecule has 0 fully saturated rings. The molecule has 0 saturated heterocycles. The van der Waals surface area contributed by atoms with Gasteiger partial charge in [-0.1, -0.05) is 105 Å². The number of carboxylic acids is 1. The van der Waals surface area contributed by atoms with Gasteiger partial charge in [0.2, 0.25) is 12.0 Å². The number of benzene rings is 3. The molecule has 11 heteroatoms. The Balaban J connectivity index is 1.32. The number of hydrogen-bond donors (Lipinski definition) is 1. The van der Waals surface area contributed by atoms with Crippen LogP contribution in [0.3, 0.4) is 0 Å². The van der Waals surface area contributed by atoms with Crippen molar-refractivity contribution in [2.45, 2.75) is 44.9 Å². The van der Waals surface area contributed by atoms with Crippen LogP contribution in [0.15, 0.2) is 97.5 Å². The molecule has 5 rings (SSSR count). The van der Waals surface area contributed by atoms with Gasteiger partial charge in [-0.15, -0.1) is 0 Å².